The number of carbonyl (C=O) groups is 2. The number of carbonyl (C=O) groups excluding carboxylic acids is 2. The maximum absolute atomic E-state index is 10.9. The van der Waals surface area contributed by atoms with Crippen molar-refractivity contribution >= 4 is 11.8 Å². The average molecular weight is 166 g/mol. The first-order valence-corrected chi connectivity index (χ1v) is 4.16. The summed E-state index contributed by atoms with van der Waals surface area (Å²) in [5, 5.41) is 0. The summed E-state index contributed by atoms with van der Waals surface area (Å²) in [6, 6.07) is 0. The van der Waals surface area contributed by atoms with Crippen LogP contribution in [0.15, 0.2) is 12.2 Å². The van der Waals surface area contributed by atoms with Crippen molar-refractivity contribution < 1.29 is 14.3 Å². The number of rotatable bonds is 1. The lowest BCUT2D eigenvalue weighted by Crippen LogP contribution is -2.17. The third-order valence-electron chi connectivity index (χ3n) is 2.42. The molecular formula is C9H10O3. The summed E-state index contributed by atoms with van der Waals surface area (Å²) in [7, 11) is 0. The highest BCUT2D eigenvalue weighted by molar-refractivity contribution is 5.85. The van der Waals surface area contributed by atoms with Crippen LogP contribution < -0.4 is 0 Å². The lowest BCUT2D eigenvalue weighted by atomic mass is 10.0. The van der Waals surface area contributed by atoms with E-state index in [0.717, 1.165) is 6.42 Å². The SMILES string of the molecule is O=C1CCC(C2C=CC(=O)O2)C1. The first-order valence-electron chi connectivity index (χ1n) is 4.16. The van der Waals surface area contributed by atoms with Gasteiger partial charge in [-0.3, -0.25) is 4.79 Å². The third-order valence-corrected chi connectivity index (χ3v) is 2.42. The monoisotopic (exact) mass is 166 g/mol. The maximum Gasteiger partial charge on any atom is 0.331 e. The van der Waals surface area contributed by atoms with Crippen molar-refractivity contribution in [1.82, 2.24) is 0 Å². The molecule has 1 heterocycles. The van der Waals surface area contributed by atoms with Gasteiger partial charge in [0.1, 0.15) is 11.9 Å². The van der Waals surface area contributed by atoms with Crippen LogP contribution in [0.5, 0.6) is 0 Å². The molecule has 2 rings (SSSR count). The van der Waals surface area contributed by atoms with Gasteiger partial charge in [0.15, 0.2) is 0 Å². The van der Waals surface area contributed by atoms with Crippen molar-refractivity contribution in [3.8, 4) is 0 Å². The molecule has 0 spiro atoms. The largest absolute Gasteiger partial charge is 0.455 e. The quantitative estimate of drug-likeness (QED) is 0.542. The molecule has 0 N–H and O–H groups in total. The Kier molecular flexibility index (Phi) is 1.71. The Bertz CT molecular complexity index is 254. The second-order valence-corrected chi connectivity index (χ2v) is 3.30. The smallest absolute Gasteiger partial charge is 0.331 e. The lowest BCUT2D eigenvalue weighted by molar-refractivity contribution is -0.140. The summed E-state index contributed by atoms with van der Waals surface area (Å²) in [5.41, 5.74) is 0. The average Bonchev–Trinajstić information content (AvgIpc) is 2.58. The first-order chi connectivity index (χ1) is 5.75. The normalized spacial score (nSPS) is 34.3. The summed E-state index contributed by atoms with van der Waals surface area (Å²) in [6.45, 7) is 0. The highest BCUT2D eigenvalue weighted by Gasteiger charge is 2.32. The number of Topliss-reactive ketones (excluding diaryl/α,β-unsaturated/α-hetero) is 1. The molecule has 0 amide bonds. The molecule has 0 aromatic heterocycles. The van der Waals surface area contributed by atoms with E-state index in [2.05, 4.69) is 0 Å². The summed E-state index contributed by atoms with van der Waals surface area (Å²) < 4.78 is 4.99. The molecular weight excluding hydrogens is 156 g/mol. The van der Waals surface area contributed by atoms with Crippen LogP contribution in [0, 0.1) is 5.92 Å². The van der Waals surface area contributed by atoms with Gasteiger partial charge in [-0.15, -0.1) is 0 Å². The van der Waals surface area contributed by atoms with E-state index in [1.165, 1.54) is 6.08 Å². The van der Waals surface area contributed by atoms with Gasteiger partial charge < -0.3 is 4.74 Å². The van der Waals surface area contributed by atoms with Crippen LogP contribution in [0.2, 0.25) is 0 Å². The van der Waals surface area contributed by atoms with Crippen molar-refractivity contribution in [2.24, 2.45) is 5.92 Å². The molecule has 0 saturated heterocycles. The van der Waals surface area contributed by atoms with E-state index >= 15 is 0 Å². The Labute approximate surface area is 70.4 Å². The standard InChI is InChI=1S/C9H10O3/c10-7-2-1-6(5-7)8-3-4-9(11)12-8/h3-4,6,8H,1-2,5H2. The zero-order valence-electron chi connectivity index (χ0n) is 6.66. The summed E-state index contributed by atoms with van der Waals surface area (Å²) >= 11 is 0. The van der Waals surface area contributed by atoms with Gasteiger partial charge in [-0.2, -0.15) is 0 Å². The van der Waals surface area contributed by atoms with Crippen LogP contribution in [0.4, 0.5) is 0 Å². The first kappa shape index (κ1) is 7.53. The number of esters is 1. The zero-order valence-corrected chi connectivity index (χ0v) is 6.66. The fraction of sp³-hybridized carbons (Fsp3) is 0.556. The Morgan fingerprint density at radius 2 is 2.25 bits per heavy atom. The minimum atomic E-state index is -0.278. The second-order valence-electron chi connectivity index (χ2n) is 3.30. The van der Waals surface area contributed by atoms with Gasteiger partial charge in [0.2, 0.25) is 0 Å². The molecule has 3 nitrogen and oxygen atoms in total. The van der Waals surface area contributed by atoms with Crippen LogP contribution in [-0.4, -0.2) is 17.9 Å². The summed E-state index contributed by atoms with van der Waals surface area (Å²) in [4.78, 5) is 21.6. The lowest BCUT2D eigenvalue weighted by Gasteiger charge is -2.14. The summed E-state index contributed by atoms with van der Waals surface area (Å²) in [5.74, 6) is 0.246. The van der Waals surface area contributed by atoms with Gasteiger partial charge in [-0.1, -0.05) is 0 Å². The predicted molar refractivity (Wildman–Crippen MR) is 41.4 cm³/mol. The van der Waals surface area contributed by atoms with E-state index in [9.17, 15) is 9.59 Å². The van der Waals surface area contributed by atoms with Gasteiger partial charge in [-0.25, -0.2) is 4.79 Å². The van der Waals surface area contributed by atoms with Crippen molar-refractivity contribution in [3.05, 3.63) is 12.2 Å². The highest BCUT2D eigenvalue weighted by Crippen LogP contribution is 2.29. The van der Waals surface area contributed by atoms with E-state index in [0.29, 0.717) is 12.8 Å². The molecule has 2 unspecified atom stereocenters. The van der Waals surface area contributed by atoms with E-state index in [1.807, 2.05) is 0 Å². The fourth-order valence-corrected chi connectivity index (χ4v) is 1.76. The number of cyclic esters (lactones) is 1. The Morgan fingerprint density at radius 1 is 1.42 bits per heavy atom. The third kappa shape index (κ3) is 1.26. The van der Waals surface area contributed by atoms with Gasteiger partial charge in [-0.05, 0) is 12.5 Å². The molecule has 3 heteroatoms. The Morgan fingerprint density at radius 3 is 2.75 bits per heavy atom. The molecule has 0 aromatic carbocycles. The number of hydrogen-bond acceptors (Lipinski definition) is 3. The number of hydrogen-bond donors (Lipinski definition) is 0. The van der Waals surface area contributed by atoms with Gasteiger partial charge >= 0.3 is 5.97 Å². The molecule has 2 aliphatic rings. The fourth-order valence-electron chi connectivity index (χ4n) is 1.76. The summed E-state index contributed by atoms with van der Waals surface area (Å²) in [6.07, 6.45) is 5.14. The van der Waals surface area contributed by atoms with Gasteiger partial charge in [0.05, 0.1) is 0 Å². The minimum absolute atomic E-state index is 0.135. The van der Waals surface area contributed by atoms with Gasteiger partial charge in [0, 0.05) is 24.8 Å². The van der Waals surface area contributed by atoms with Crippen molar-refractivity contribution in [3.63, 3.8) is 0 Å². The molecule has 1 saturated carbocycles. The minimum Gasteiger partial charge on any atom is -0.455 e. The van der Waals surface area contributed by atoms with E-state index in [1.54, 1.807) is 6.08 Å². The highest BCUT2D eigenvalue weighted by atomic mass is 16.5. The van der Waals surface area contributed by atoms with E-state index in [4.69, 9.17) is 4.74 Å². The van der Waals surface area contributed by atoms with Gasteiger partial charge in [0.25, 0.3) is 0 Å². The molecule has 2 atom stereocenters. The topological polar surface area (TPSA) is 43.4 Å². The van der Waals surface area contributed by atoms with Crippen LogP contribution in [0.3, 0.4) is 0 Å². The van der Waals surface area contributed by atoms with E-state index < -0.39 is 0 Å². The molecule has 0 bridgehead atoms. The second kappa shape index (κ2) is 2.73. The van der Waals surface area contributed by atoms with Crippen molar-refractivity contribution in [1.29, 1.82) is 0 Å². The Balaban J connectivity index is 1.98. The molecule has 1 aliphatic heterocycles. The number of ether oxygens (including phenoxy) is 1. The van der Waals surface area contributed by atoms with Crippen LogP contribution in [0.1, 0.15) is 19.3 Å². The molecule has 12 heavy (non-hydrogen) atoms. The molecule has 1 aliphatic carbocycles. The Hall–Kier alpha value is -1.12. The van der Waals surface area contributed by atoms with Crippen LogP contribution >= 0.6 is 0 Å². The molecule has 64 valence electrons. The number of ketones is 1. The maximum atomic E-state index is 10.9. The molecule has 1 fully saturated rings. The van der Waals surface area contributed by atoms with Crippen LogP contribution in [0.25, 0.3) is 0 Å². The van der Waals surface area contributed by atoms with E-state index in [-0.39, 0.29) is 23.8 Å². The molecule has 0 aromatic rings. The molecule has 0 radical (unpaired) electrons. The van der Waals surface area contributed by atoms with Crippen LogP contribution in [-0.2, 0) is 14.3 Å². The zero-order chi connectivity index (χ0) is 8.55. The van der Waals surface area contributed by atoms with Crippen molar-refractivity contribution in [2.75, 3.05) is 0 Å². The van der Waals surface area contributed by atoms with Crippen molar-refractivity contribution in [2.45, 2.75) is 25.4 Å². The predicted octanol–water partition coefficient (Wildman–Crippen LogP) is 0.837.